The molecule has 0 atom stereocenters. The van der Waals surface area contributed by atoms with Crippen LogP contribution in [0.5, 0.6) is 0 Å². The molecule has 0 heterocycles. The highest BCUT2D eigenvalue weighted by Crippen LogP contribution is 2.09. The summed E-state index contributed by atoms with van der Waals surface area (Å²) in [5, 5.41) is 0. The van der Waals surface area contributed by atoms with Crippen LogP contribution in [0.2, 0.25) is 0 Å². The number of terminal acetylenes is 1. The Kier molecular flexibility index (Phi) is 5.41. The second-order valence-corrected chi connectivity index (χ2v) is 4.08. The molecule has 0 aliphatic carbocycles. The van der Waals surface area contributed by atoms with Crippen molar-refractivity contribution in [2.45, 2.75) is 51.5 Å². The molecule has 13 heavy (non-hydrogen) atoms. The number of hydrogen-bond donors (Lipinski definition) is 1. The molecule has 0 amide bonds. The summed E-state index contributed by atoms with van der Waals surface area (Å²) in [5.41, 5.74) is 5.52. The quantitative estimate of drug-likeness (QED) is 0.502. The lowest BCUT2D eigenvalue weighted by molar-refractivity contribution is -0.119. The van der Waals surface area contributed by atoms with E-state index in [9.17, 15) is 4.79 Å². The van der Waals surface area contributed by atoms with Crippen molar-refractivity contribution in [1.29, 1.82) is 0 Å². The van der Waals surface area contributed by atoms with E-state index in [1.165, 1.54) is 0 Å². The van der Waals surface area contributed by atoms with Gasteiger partial charge in [0.1, 0.15) is 5.78 Å². The molecule has 0 aliphatic heterocycles. The van der Waals surface area contributed by atoms with E-state index in [4.69, 9.17) is 12.2 Å². The number of carbonyl (C=O) groups is 1. The molecule has 0 fully saturated rings. The van der Waals surface area contributed by atoms with Crippen LogP contribution in [0.15, 0.2) is 0 Å². The third kappa shape index (κ3) is 9.10. The van der Waals surface area contributed by atoms with Crippen molar-refractivity contribution in [3.05, 3.63) is 0 Å². The highest BCUT2D eigenvalue weighted by Gasteiger charge is 2.12. The van der Waals surface area contributed by atoms with Gasteiger partial charge >= 0.3 is 0 Å². The Morgan fingerprint density at radius 1 is 1.46 bits per heavy atom. The molecule has 2 heteroatoms. The topological polar surface area (TPSA) is 43.1 Å². The molecule has 0 radical (unpaired) electrons. The van der Waals surface area contributed by atoms with Gasteiger partial charge in [-0.1, -0.05) is 0 Å². The first-order valence-corrected chi connectivity index (χ1v) is 4.70. The highest BCUT2D eigenvalue weighted by atomic mass is 16.1. The third-order valence-corrected chi connectivity index (χ3v) is 1.82. The molecular weight excluding hydrogens is 162 g/mol. The van der Waals surface area contributed by atoms with Crippen molar-refractivity contribution in [3.8, 4) is 12.3 Å². The monoisotopic (exact) mass is 181 g/mol. The van der Waals surface area contributed by atoms with Crippen molar-refractivity contribution in [1.82, 2.24) is 0 Å². The lowest BCUT2D eigenvalue weighted by atomic mass is 9.97. The van der Waals surface area contributed by atoms with Crippen LogP contribution >= 0.6 is 0 Å². The van der Waals surface area contributed by atoms with Crippen molar-refractivity contribution in [3.63, 3.8) is 0 Å². The van der Waals surface area contributed by atoms with E-state index in [2.05, 4.69) is 5.92 Å². The van der Waals surface area contributed by atoms with Crippen LogP contribution < -0.4 is 5.73 Å². The largest absolute Gasteiger partial charge is 0.326 e. The van der Waals surface area contributed by atoms with E-state index in [0.717, 1.165) is 12.8 Å². The van der Waals surface area contributed by atoms with Gasteiger partial charge in [-0.05, 0) is 26.7 Å². The van der Waals surface area contributed by atoms with Crippen molar-refractivity contribution in [2.75, 3.05) is 0 Å². The molecule has 0 rings (SSSR count). The van der Waals surface area contributed by atoms with Crippen LogP contribution in [0.4, 0.5) is 0 Å². The van der Waals surface area contributed by atoms with Crippen LogP contribution in [-0.4, -0.2) is 11.3 Å². The number of carbonyl (C=O) groups excluding carboxylic acids is 1. The zero-order valence-corrected chi connectivity index (χ0v) is 8.60. The molecule has 0 aliphatic rings. The standard InChI is InChI=1S/C11H19NO/c1-4-5-6-7-10(13)8-9-11(2,3)12/h1H,5-9,12H2,2-3H3. The first-order valence-electron chi connectivity index (χ1n) is 4.70. The van der Waals surface area contributed by atoms with Crippen molar-refractivity contribution in [2.24, 2.45) is 5.73 Å². The first kappa shape index (κ1) is 12.2. The molecule has 74 valence electrons. The summed E-state index contributed by atoms with van der Waals surface area (Å²) in [6.45, 7) is 3.86. The van der Waals surface area contributed by atoms with E-state index in [0.29, 0.717) is 19.3 Å². The number of rotatable bonds is 6. The van der Waals surface area contributed by atoms with Gasteiger partial charge in [0.25, 0.3) is 0 Å². The Hall–Kier alpha value is -0.810. The van der Waals surface area contributed by atoms with Crippen LogP contribution in [0.25, 0.3) is 0 Å². The zero-order chi connectivity index (χ0) is 10.3. The summed E-state index contributed by atoms with van der Waals surface area (Å²) < 4.78 is 0. The van der Waals surface area contributed by atoms with Gasteiger partial charge in [-0.15, -0.1) is 12.3 Å². The van der Waals surface area contributed by atoms with Crippen LogP contribution in [0.1, 0.15) is 46.0 Å². The van der Waals surface area contributed by atoms with Gasteiger partial charge in [0.15, 0.2) is 0 Å². The maximum absolute atomic E-state index is 11.2. The second kappa shape index (κ2) is 5.77. The van der Waals surface area contributed by atoms with Crippen LogP contribution in [-0.2, 0) is 4.79 Å². The number of hydrogen-bond acceptors (Lipinski definition) is 2. The van der Waals surface area contributed by atoms with E-state index in [1.54, 1.807) is 0 Å². The number of Topliss-reactive ketones (excluding diaryl/α,β-unsaturated/α-hetero) is 1. The van der Waals surface area contributed by atoms with Gasteiger partial charge < -0.3 is 5.73 Å². The summed E-state index contributed by atoms with van der Waals surface area (Å²) in [7, 11) is 0. The molecule has 0 spiro atoms. The molecule has 0 aromatic rings. The van der Waals surface area contributed by atoms with E-state index >= 15 is 0 Å². The summed E-state index contributed by atoms with van der Waals surface area (Å²) >= 11 is 0. The smallest absolute Gasteiger partial charge is 0.133 e. The molecule has 0 saturated heterocycles. The summed E-state index contributed by atoms with van der Waals surface area (Å²) in [4.78, 5) is 11.2. The lowest BCUT2D eigenvalue weighted by Crippen LogP contribution is -2.32. The van der Waals surface area contributed by atoms with Gasteiger partial charge in [0.2, 0.25) is 0 Å². The Morgan fingerprint density at radius 2 is 2.08 bits per heavy atom. The van der Waals surface area contributed by atoms with E-state index in [-0.39, 0.29) is 11.3 Å². The maximum atomic E-state index is 11.2. The second-order valence-electron chi connectivity index (χ2n) is 4.08. The molecular formula is C11H19NO. The zero-order valence-electron chi connectivity index (χ0n) is 8.60. The minimum absolute atomic E-state index is 0.234. The Bertz CT molecular complexity index is 195. The normalized spacial score (nSPS) is 10.9. The van der Waals surface area contributed by atoms with Gasteiger partial charge in [0, 0.05) is 24.8 Å². The molecule has 0 aromatic carbocycles. The summed E-state index contributed by atoms with van der Waals surface area (Å²) in [5.74, 6) is 2.79. The minimum atomic E-state index is -0.234. The molecule has 2 N–H and O–H groups in total. The highest BCUT2D eigenvalue weighted by molar-refractivity contribution is 5.78. The number of nitrogens with two attached hydrogens (primary N) is 1. The van der Waals surface area contributed by atoms with Gasteiger partial charge in [-0.2, -0.15) is 0 Å². The average molecular weight is 181 g/mol. The Morgan fingerprint density at radius 3 is 2.54 bits per heavy atom. The number of unbranched alkanes of at least 4 members (excludes halogenated alkanes) is 1. The van der Waals surface area contributed by atoms with Crippen molar-refractivity contribution < 1.29 is 4.79 Å². The molecule has 0 aromatic heterocycles. The molecule has 0 bridgehead atoms. The van der Waals surface area contributed by atoms with Gasteiger partial charge in [-0.3, -0.25) is 4.79 Å². The summed E-state index contributed by atoms with van der Waals surface area (Å²) in [6.07, 6.45) is 8.50. The predicted molar refractivity (Wildman–Crippen MR) is 55.2 cm³/mol. The first-order chi connectivity index (χ1) is 5.95. The molecule has 2 nitrogen and oxygen atoms in total. The predicted octanol–water partition coefficient (Wildman–Crippen LogP) is 1.88. The van der Waals surface area contributed by atoms with Crippen LogP contribution in [0.3, 0.4) is 0 Å². The fourth-order valence-corrected chi connectivity index (χ4v) is 0.974. The SMILES string of the molecule is C#CCCCC(=O)CCC(C)(C)N. The number of ketones is 1. The minimum Gasteiger partial charge on any atom is -0.326 e. The fraction of sp³-hybridized carbons (Fsp3) is 0.727. The van der Waals surface area contributed by atoms with Crippen LogP contribution in [0, 0.1) is 12.3 Å². The molecule has 0 unspecified atom stereocenters. The molecule has 0 saturated carbocycles. The Balaban J connectivity index is 3.48. The van der Waals surface area contributed by atoms with E-state index in [1.807, 2.05) is 13.8 Å². The summed E-state index contributed by atoms with van der Waals surface area (Å²) in [6, 6.07) is 0. The fourth-order valence-electron chi connectivity index (χ4n) is 0.974. The lowest BCUT2D eigenvalue weighted by Gasteiger charge is -2.17. The third-order valence-electron chi connectivity index (χ3n) is 1.82. The van der Waals surface area contributed by atoms with E-state index < -0.39 is 0 Å². The maximum Gasteiger partial charge on any atom is 0.133 e. The Labute approximate surface area is 80.9 Å². The van der Waals surface area contributed by atoms with Gasteiger partial charge in [0.05, 0.1) is 0 Å². The van der Waals surface area contributed by atoms with Crippen molar-refractivity contribution >= 4 is 5.78 Å². The average Bonchev–Trinajstić information content (AvgIpc) is 2.00. The van der Waals surface area contributed by atoms with Gasteiger partial charge in [-0.25, -0.2) is 0 Å².